The van der Waals surface area contributed by atoms with Crippen LogP contribution >= 0.6 is 15.9 Å². The van der Waals surface area contributed by atoms with Crippen LogP contribution in [-0.2, 0) is 17.8 Å². The lowest BCUT2D eigenvalue weighted by Crippen LogP contribution is -2.13. The maximum atomic E-state index is 11.4. The molecule has 0 aliphatic heterocycles. The van der Waals surface area contributed by atoms with Gasteiger partial charge in [-0.15, -0.1) is 0 Å². The van der Waals surface area contributed by atoms with Crippen molar-refractivity contribution in [3.63, 3.8) is 0 Å². The Morgan fingerprint density at radius 3 is 2.70 bits per heavy atom. The highest BCUT2D eigenvalue weighted by Gasteiger charge is 2.08. The minimum atomic E-state index is -0.337. The molecule has 2 aromatic rings. The molecule has 0 unspecified atom stereocenters. The van der Waals surface area contributed by atoms with E-state index in [0.29, 0.717) is 18.7 Å². The lowest BCUT2D eigenvalue weighted by molar-refractivity contribution is 0.0600. The topological polar surface area (TPSA) is 51.5 Å². The number of benzene rings is 1. The Kier molecular flexibility index (Phi) is 4.98. The van der Waals surface area contributed by atoms with Gasteiger partial charge in [0.25, 0.3) is 0 Å². The molecular weight excluding hydrogens is 322 g/mol. The average molecular weight is 338 g/mol. The molecule has 1 aromatic heterocycles. The fourth-order valence-electron chi connectivity index (χ4n) is 1.84. The summed E-state index contributed by atoms with van der Waals surface area (Å²) in [6, 6.07) is 9.32. The largest absolute Gasteiger partial charge is 0.465 e. The van der Waals surface area contributed by atoms with E-state index in [1.54, 1.807) is 12.1 Å². The van der Waals surface area contributed by atoms with Crippen LogP contribution in [-0.4, -0.2) is 13.1 Å². The van der Waals surface area contributed by atoms with Gasteiger partial charge in [0, 0.05) is 11.0 Å². The van der Waals surface area contributed by atoms with Crippen LogP contribution in [0.1, 0.15) is 27.4 Å². The summed E-state index contributed by atoms with van der Waals surface area (Å²) < 4.78 is 11.0. The Hall–Kier alpha value is -1.59. The zero-order valence-electron chi connectivity index (χ0n) is 11.4. The molecule has 0 spiro atoms. The van der Waals surface area contributed by atoms with Gasteiger partial charge in [-0.1, -0.05) is 22.0 Å². The van der Waals surface area contributed by atoms with Crippen LogP contribution in [0.3, 0.4) is 0 Å². The molecule has 4 nitrogen and oxygen atoms in total. The number of aryl methyl sites for hydroxylation is 1. The van der Waals surface area contributed by atoms with Crippen LogP contribution in [0.25, 0.3) is 0 Å². The molecule has 0 fully saturated rings. The normalized spacial score (nSPS) is 10.6. The van der Waals surface area contributed by atoms with Crippen LogP contribution in [0.4, 0.5) is 0 Å². The van der Waals surface area contributed by atoms with Crippen LogP contribution in [0.2, 0.25) is 0 Å². The van der Waals surface area contributed by atoms with Crippen molar-refractivity contribution in [1.29, 1.82) is 0 Å². The Morgan fingerprint density at radius 2 is 2.10 bits per heavy atom. The molecular formula is C15H16BrNO3. The van der Waals surface area contributed by atoms with Crippen molar-refractivity contribution in [3.8, 4) is 0 Å². The first kappa shape index (κ1) is 14.8. The molecule has 0 bridgehead atoms. The van der Waals surface area contributed by atoms with Crippen molar-refractivity contribution in [2.45, 2.75) is 20.0 Å². The number of furan rings is 1. The highest BCUT2D eigenvalue weighted by atomic mass is 79.9. The molecule has 0 aliphatic rings. The summed E-state index contributed by atoms with van der Waals surface area (Å²) in [6.07, 6.45) is 0. The van der Waals surface area contributed by atoms with Crippen molar-refractivity contribution in [2.75, 3.05) is 7.11 Å². The molecule has 1 aromatic carbocycles. The molecule has 0 saturated carbocycles. The molecule has 0 radical (unpaired) electrons. The molecule has 20 heavy (non-hydrogen) atoms. The average Bonchev–Trinajstić information content (AvgIpc) is 2.85. The van der Waals surface area contributed by atoms with Crippen LogP contribution in [0, 0.1) is 6.92 Å². The van der Waals surface area contributed by atoms with E-state index >= 15 is 0 Å². The third-order valence-electron chi connectivity index (χ3n) is 2.88. The molecule has 5 heteroatoms. The number of methoxy groups -OCH3 is 1. The number of rotatable bonds is 5. The number of esters is 1. The summed E-state index contributed by atoms with van der Waals surface area (Å²) in [6.45, 7) is 3.27. The smallest absolute Gasteiger partial charge is 0.337 e. The molecule has 1 heterocycles. The van der Waals surface area contributed by atoms with Gasteiger partial charge in [-0.3, -0.25) is 0 Å². The number of hydrogen-bond donors (Lipinski definition) is 1. The van der Waals surface area contributed by atoms with E-state index in [-0.39, 0.29) is 5.97 Å². The van der Waals surface area contributed by atoms with E-state index in [1.807, 2.05) is 25.1 Å². The first-order valence-electron chi connectivity index (χ1n) is 6.23. The Morgan fingerprint density at radius 1 is 1.30 bits per heavy atom. The second kappa shape index (κ2) is 6.72. The van der Waals surface area contributed by atoms with Gasteiger partial charge in [-0.25, -0.2) is 4.79 Å². The van der Waals surface area contributed by atoms with Crippen LogP contribution in [0.15, 0.2) is 39.2 Å². The fourth-order valence-corrected chi connectivity index (χ4v) is 2.35. The van der Waals surface area contributed by atoms with Crippen LogP contribution in [0.5, 0.6) is 0 Å². The second-order valence-corrected chi connectivity index (χ2v) is 5.27. The van der Waals surface area contributed by atoms with E-state index < -0.39 is 0 Å². The third kappa shape index (κ3) is 3.71. The summed E-state index contributed by atoms with van der Waals surface area (Å²) in [5.41, 5.74) is 1.60. The highest BCUT2D eigenvalue weighted by Crippen LogP contribution is 2.19. The number of hydrogen-bond acceptors (Lipinski definition) is 4. The predicted octanol–water partition coefficient (Wildman–Crippen LogP) is 3.43. The number of nitrogens with one attached hydrogen (secondary N) is 1. The molecule has 0 atom stereocenters. The zero-order valence-corrected chi connectivity index (χ0v) is 13.0. The number of carbonyl (C=O) groups excluding carboxylic acids is 1. The van der Waals surface area contributed by atoms with E-state index in [2.05, 4.69) is 26.0 Å². The minimum Gasteiger partial charge on any atom is -0.465 e. The summed E-state index contributed by atoms with van der Waals surface area (Å²) in [4.78, 5) is 11.4. The number of carbonyl (C=O) groups is 1. The van der Waals surface area contributed by atoms with Gasteiger partial charge in [-0.2, -0.15) is 0 Å². The maximum Gasteiger partial charge on any atom is 0.337 e. The van der Waals surface area contributed by atoms with Gasteiger partial charge >= 0.3 is 5.97 Å². The summed E-state index contributed by atoms with van der Waals surface area (Å²) in [5.74, 6) is 1.48. The zero-order chi connectivity index (χ0) is 14.5. The van der Waals surface area contributed by atoms with Gasteiger partial charge < -0.3 is 14.5 Å². The quantitative estimate of drug-likeness (QED) is 0.849. The van der Waals surface area contributed by atoms with Gasteiger partial charge in [0.05, 0.1) is 19.2 Å². The Balaban J connectivity index is 1.94. The van der Waals surface area contributed by atoms with Crippen molar-refractivity contribution >= 4 is 21.9 Å². The lowest BCUT2D eigenvalue weighted by atomic mass is 10.1. The highest BCUT2D eigenvalue weighted by molar-refractivity contribution is 9.10. The van der Waals surface area contributed by atoms with Crippen molar-refractivity contribution < 1.29 is 13.9 Å². The molecule has 2 rings (SSSR count). The lowest BCUT2D eigenvalue weighted by Gasteiger charge is -2.07. The Labute approximate surface area is 126 Å². The van der Waals surface area contributed by atoms with Gasteiger partial charge in [-0.05, 0) is 36.8 Å². The van der Waals surface area contributed by atoms with Crippen molar-refractivity contribution in [2.24, 2.45) is 0 Å². The van der Waals surface area contributed by atoms with E-state index in [9.17, 15) is 4.79 Å². The Bertz CT molecular complexity index is 607. The standard InChI is InChI=1S/C15H16BrNO3/c1-10-3-6-13(20-10)9-17-8-12-5-4-11(7-14(12)16)15(18)19-2/h3-7,17H,8-9H2,1-2H3. The van der Waals surface area contributed by atoms with Gasteiger partial charge in [0.15, 0.2) is 0 Å². The number of halogens is 1. The van der Waals surface area contributed by atoms with E-state index in [0.717, 1.165) is 21.6 Å². The predicted molar refractivity (Wildman–Crippen MR) is 79.5 cm³/mol. The molecule has 0 aliphatic carbocycles. The fraction of sp³-hybridized carbons (Fsp3) is 0.267. The van der Waals surface area contributed by atoms with Crippen molar-refractivity contribution in [3.05, 3.63) is 57.5 Å². The monoisotopic (exact) mass is 337 g/mol. The molecule has 0 saturated heterocycles. The SMILES string of the molecule is COC(=O)c1ccc(CNCc2ccc(C)o2)c(Br)c1. The molecule has 1 N–H and O–H groups in total. The third-order valence-corrected chi connectivity index (χ3v) is 3.62. The second-order valence-electron chi connectivity index (χ2n) is 4.41. The molecule has 106 valence electrons. The summed E-state index contributed by atoms with van der Waals surface area (Å²) >= 11 is 3.46. The van der Waals surface area contributed by atoms with Crippen molar-refractivity contribution in [1.82, 2.24) is 5.32 Å². The van der Waals surface area contributed by atoms with E-state index in [1.165, 1.54) is 7.11 Å². The molecule has 0 amide bonds. The number of ether oxygens (including phenoxy) is 1. The van der Waals surface area contributed by atoms with Crippen LogP contribution < -0.4 is 5.32 Å². The maximum absolute atomic E-state index is 11.4. The summed E-state index contributed by atoms with van der Waals surface area (Å²) in [7, 11) is 1.37. The first-order valence-corrected chi connectivity index (χ1v) is 7.02. The van der Waals surface area contributed by atoms with Gasteiger partial charge in [0.2, 0.25) is 0 Å². The minimum absolute atomic E-state index is 0.337. The first-order chi connectivity index (χ1) is 9.60. The summed E-state index contributed by atoms with van der Waals surface area (Å²) in [5, 5.41) is 3.29. The van der Waals surface area contributed by atoms with E-state index in [4.69, 9.17) is 4.42 Å². The van der Waals surface area contributed by atoms with Gasteiger partial charge in [0.1, 0.15) is 11.5 Å².